The number of anilines is 1. The van der Waals surface area contributed by atoms with Gasteiger partial charge in [0.1, 0.15) is 5.75 Å². The first-order valence-corrected chi connectivity index (χ1v) is 7.50. The molecule has 0 radical (unpaired) electrons. The molecule has 22 heavy (non-hydrogen) atoms. The van der Waals surface area contributed by atoms with Crippen molar-refractivity contribution in [1.82, 2.24) is 4.90 Å². The summed E-state index contributed by atoms with van der Waals surface area (Å²) in [5.41, 5.74) is 1.93. The van der Waals surface area contributed by atoms with E-state index in [9.17, 15) is 4.79 Å². The molecule has 2 aromatic carbocycles. The monoisotopic (exact) mass is 316 g/mol. The highest BCUT2D eigenvalue weighted by molar-refractivity contribution is 6.30. The topological polar surface area (TPSA) is 32.8 Å². The lowest BCUT2D eigenvalue weighted by molar-refractivity contribution is 0.219. The van der Waals surface area contributed by atoms with Crippen molar-refractivity contribution >= 4 is 23.3 Å². The van der Waals surface area contributed by atoms with Crippen molar-refractivity contribution in [2.45, 2.75) is 6.54 Å². The summed E-state index contributed by atoms with van der Waals surface area (Å²) in [6.07, 6.45) is 0. The summed E-state index contributed by atoms with van der Waals surface area (Å²) >= 11 is 5.99. The maximum Gasteiger partial charge on any atom is 0.324 e. The molecule has 114 valence electrons. The van der Waals surface area contributed by atoms with Gasteiger partial charge in [-0.15, -0.1) is 0 Å². The minimum atomic E-state index is 0.0187. The van der Waals surface area contributed by atoms with Gasteiger partial charge in [-0.2, -0.15) is 0 Å². The Balaban J connectivity index is 1.71. The quantitative estimate of drug-likeness (QED) is 0.859. The third-order valence-corrected chi connectivity index (χ3v) is 3.98. The number of rotatable bonds is 4. The predicted molar refractivity (Wildman–Crippen MR) is 87.6 cm³/mol. The van der Waals surface area contributed by atoms with E-state index in [-0.39, 0.29) is 6.03 Å². The Morgan fingerprint density at radius 1 is 1.14 bits per heavy atom. The summed E-state index contributed by atoms with van der Waals surface area (Å²) in [4.78, 5) is 16.1. The number of benzene rings is 2. The third-order valence-electron chi connectivity index (χ3n) is 3.74. The van der Waals surface area contributed by atoms with Crippen LogP contribution in [0.3, 0.4) is 0 Å². The molecule has 1 saturated heterocycles. The normalized spacial score (nSPS) is 14.5. The minimum Gasteiger partial charge on any atom is -0.497 e. The van der Waals surface area contributed by atoms with E-state index in [1.807, 2.05) is 53.4 Å². The maximum absolute atomic E-state index is 12.5. The van der Waals surface area contributed by atoms with Gasteiger partial charge in [0, 0.05) is 30.3 Å². The molecule has 0 bridgehead atoms. The van der Waals surface area contributed by atoms with E-state index in [4.69, 9.17) is 16.3 Å². The zero-order valence-electron chi connectivity index (χ0n) is 12.3. The van der Waals surface area contributed by atoms with Crippen LogP contribution in [0, 0.1) is 0 Å². The first-order chi connectivity index (χ1) is 10.7. The van der Waals surface area contributed by atoms with Crippen molar-refractivity contribution in [2.75, 3.05) is 25.1 Å². The first kappa shape index (κ1) is 14.7. The molecule has 2 aromatic rings. The first-order valence-electron chi connectivity index (χ1n) is 7.12. The molecule has 1 heterocycles. The molecule has 0 N–H and O–H groups in total. The molecule has 0 aliphatic carbocycles. The van der Waals surface area contributed by atoms with Crippen LogP contribution in [-0.4, -0.2) is 31.1 Å². The van der Waals surface area contributed by atoms with Crippen molar-refractivity contribution in [1.29, 1.82) is 0 Å². The lowest BCUT2D eigenvalue weighted by Gasteiger charge is -2.19. The van der Waals surface area contributed by atoms with Crippen LogP contribution in [0.4, 0.5) is 10.5 Å². The summed E-state index contributed by atoms with van der Waals surface area (Å²) in [7, 11) is 1.63. The standard InChI is InChI=1S/C17H17ClN2O2/c1-22-16-7-5-15(6-8-16)20-10-9-19(17(20)21)12-13-3-2-4-14(18)11-13/h2-8,11H,9-10,12H2,1H3. The smallest absolute Gasteiger partial charge is 0.324 e. The van der Waals surface area contributed by atoms with Gasteiger partial charge in [-0.3, -0.25) is 4.90 Å². The molecular weight excluding hydrogens is 300 g/mol. The van der Waals surface area contributed by atoms with Crippen LogP contribution >= 0.6 is 11.6 Å². The van der Waals surface area contributed by atoms with E-state index in [2.05, 4.69) is 0 Å². The zero-order valence-corrected chi connectivity index (χ0v) is 13.1. The molecule has 1 fully saturated rings. The van der Waals surface area contributed by atoms with E-state index in [1.165, 1.54) is 0 Å². The zero-order chi connectivity index (χ0) is 15.5. The van der Waals surface area contributed by atoms with Crippen LogP contribution in [0.25, 0.3) is 0 Å². The number of hydrogen-bond acceptors (Lipinski definition) is 2. The van der Waals surface area contributed by atoms with E-state index >= 15 is 0 Å². The second-order valence-corrected chi connectivity index (χ2v) is 5.62. The number of ether oxygens (including phenoxy) is 1. The second-order valence-electron chi connectivity index (χ2n) is 5.18. The van der Waals surface area contributed by atoms with Gasteiger partial charge in [-0.05, 0) is 42.0 Å². The number of urea groups is 1. The highest BCUT2D eigenvalue weighted by Crippen LogP contribution is 2.24. The molecular formula is C17H17ClN2O2. The number of hydrogen-bond donors (Lipinski definition) is 0. The van der Waals surface area contributed by atoms with E-state index in [0.29, 0.717) is 24.7 Å². The van der Waals surface area contributed by atoms with Crippen molar-refractivity contribution in [3.63, 3.8) is 0 Å². The Kier molecular flexibility index (Phi) is 4.20. The van der Waals surface area contributed by atoms with Gasteiger partial charge < -0.3 is 9.64 Å². The third kappa shape index (κ3) is 3.02. The highest BCUT2D eigenvalue weighted by atomic mass is 35.5. The summed E-state index contributed by atoms with van der Waals surface area (Å²) < 4.78 is 5.14. The molecule has 0 unspecified atom stereocenters. The van der Waals surface area contributed by atoms with Gasteiger partial charge in [0.15, 0.2) is 0 Å². The van der Waals surface area contributed by atoms with E-state index < -0.39 is 0 Å². The lowest BCUT2D eigenvalue weighted by atomic mass is 10.2. The van der Waals surface area contributed by atoms with Gasteiger partial charge >= 0.3 is 6.03 Å². The second kappa shape index (κ2) is 6.28. The number of methoxy groups -OCH3 is 1. The van der Waals surface area contributed by atoms with Crippen molar-refractivity contribution in [2.24, 2.45) is 0 Å². The Labute approximate surface area is 134 Å². The Morgan fingerprint density at radius 3 is 2.59 bits per heavy atom. The molecule has 0 saturated carbocycles. The number of amides is 2. The van der Waals surface area contributed by atoms with Gasteiger partial charge in [0.05, 0.1) is 7.11 Å². The molecule has 2 amide bonds. The molecule has 0 atom stereocenters. The fourth-order valence-electron chi connectivity index (χ4n) is 2.59. The number of carbonyl (C=O) groups excluding carboxylic acids is 1. The number of carbonyl (C=O) groups is 1. The number of halogens is 1. The van der Waals surface area contributed by atoms with Crippen LogP contribution < -0.4 is 9.64 Å². The molecule has 3 rings (SSSR count). The fourth-order valence-corrected chi connectivity index (χ4v) is 2.80. The summed E-state index contributed by atoms with van der Waals surface area (Å²) in [6, 6.07) is 15.2. The van der Waals surface area contributed by atoms with Gasteiger partial charge in [-0.1, -0.05) is 23.7 Å². The average Bonchev–Trinajstić information content (AvgIpc) is 2.89. The van der Waals surface area contributed by atoms with Crippen molar-refractivity contribution < 1.29 is 9.53 Å². The predicted octanol–water partition coefficient (Wildman–Crippen LogP) is 3.79. The summed E-state index contributed by atoms with van der Waals surface area (Å²) in [6.45, 7) is 1.97. The lowest BCUT2D eigenvalue weighted by Crippen LogP contribution is -2.31. The highest BCUT2D eigenvalue weighted by Gasteiger charge is 2.29. The molecule has 4 nitrogen and oxygen atoms in total. The van der Waals surface area contributed by atoms with Crippen LogP contribution in [0.15, 0.2) is 48.5 Å². The van der Waals surface area contributed by atoms with E-state index in [0.717, 1.165) is 17.0 Å². The Hall–Kier alpha value is -2.20. The van der Waals surface area contributed by atoms with Crippen molar-refractivity contribution in [3.8, 4) is 5.75 Å². The maximum atomic E-state index is 12.5. The SMILES string of the molecule is COc1ccc(N2CCN(Cc3cccc(Cl)c3)C2=O)cc1. The molecule has 5 heteroatoms. The van der Waals surface area contributed by atoms with Gasteiger partial charge in [0.2, 0.25) is 0 Å². The van der Waals surface area contributed by atoms with Crippen LogP contribution in [0.1, 0.15) is 5.56 Å². The minimum absolute atomic E-state index is 0.0187. The average molecular weight is 317 g/mol. The summed E-state index contributed by atoms with van der Waals surface area (Å²) in [5, 5.41) is 0.691. The van der Waals surface area contributed by atoms with Gasteiger partial charge in [-0.25, -0.2) is 4.79 Å². The van der Waals surface area contributed by atoms with Crippen LogP contribution in [0.5, 0.6) is 5.75 Å². The van der Waals surface area contributed by atoms with Crippen LogP contribution in [-0.2, 0) is 6.54 Å². The molecule has 0 spiro atoms. The van der Waals surface area contributed by atoms with Gasteiger partial charge in [0.25, 0.3) is 0 Å². The Bertz CT molecular complexity index is 673. The van der Waals surface area contributed by atoms with Crippen molar-refractivity contribution in [3.05, 3.63) is 59.1 Å². The molecule has 0 aromatic heterocycles. The summed E-state index contributed by atoms with van der Waals surface area (Å²) in [5.74, 6) is 0.783. The van der Waals surface area contributed by atoms with Crippen LogP contribution in [0.2, 0.25) is 5.02 Å². The Morgan fingerprint density at radius 2 is 1.91 bits per heavy atom. The molecule has 1 aliphatic rings. The molecule has 1 aliphatic heterocycles. The largest absolute Gasteiger partial charge is 0.497 e. The fraction of sp³-hybridized carbons (Fsp3) is 0.235. The number of nitrogens with zero attached hydrogens (tertiary/aromatic N) is 2. The van der Waals surface area contributed by atoms with E-state index in [1.54, 1.807) is 12.0 Å².